The van der Waals surface area contributed by atoms with Crippen molar-refractivity contribution in [2.45, 2.75) is 19.8 Å². The van der Waals surface area contributed by atoms with Crippen molar-refractivity contribution in [2.24, 2.45) is 0 Å². The van der Waals surface area contributed by atoms with Gasteiger partial charge in [-0.25, -0.2) is 0 Å². The Bertz CT molecular complexity index is 240. The maximum absolute atomic E-state index is 10.6. The van der Waals surface area contributed by atoms with Gasteiger partial charge in [-0.3, -0.25) is 14.4 Å². The molecule has 0 unspecified atom stereocenters. The number of ketones is 3. The van der Waals surface area contributed by atoms with E-state index in [-0.39, 0.29) is 0 Å². The molecule has 0 fully saturated rings. The first kappa shape index (κ1) is 10.5. The molecule has 0 aliphatic carbocycles. The average Bonchev–Trinajstić information content (AvgIpc) is 1.84. The molecule has 0 rings (SSSR count). The van der Waals surface area contributed by atoms with Crippen LogP contribution in [0.1, 0.15) is 19.8 Å². The Morgan fingerprint density at radius 1 is 1.08 bits per heavy atom. The van der Waals surface area contributed by atoms with Gasteiger partial charge in [-0.15, -0.1) is 0 Å². The third-order valence-corrected chi connectivity index (χ3v) is 1.03. The first-order valence-corrected chi connectivity index (χ1v) is 3.18. The van der Waals surface area contributed by atoms with Gasteiger partial charge in [-0.2, -0.15) is 0 Å². The largest absolute Gasteiger partial charge is 0.542 e. The molecule has 0 atom stereocenters. The van der Waals surface area contributed by atoms with Crippen LogP contribution in [0.4, 0.5) is 0 Å². The van der Waals surface area contributed by atoms with E-state index < -0.39 is 36.2 Å². The van der Waals surface area contributed by atoms with E-state index in [1.807, 2.05) is 0 Å². The Morgan fingerprint density at radius 2 is 1.58 bits per heavy atom. The van der Waals surface area contributed by atoms with Crippen LogP contribution in [0.2, 0.25) is 0 Å². The number of carbonyl (C=O) groups excluding carboxylic acids is 4. The summed E-state index contributed by atoms with van der Waals surface area (Å²) in [6.45, 7) is 1.18. The van der Waals surface area contributed by atoms with Gasteiger partial charge in [0.2, 0.25) is 0 Å². The lowest BCUT2D eigenvalue weighted by Crippen LogP contribution is -2.33. The lowest BCUT2D eigenvalue weighted by atomic mass is 10.1. The van der Waals surface area contributed by atoms with Gasteiger partial charge in [0.1, 0.15) is 17.5 Å². The minimum absolute atomic E-state index is 0.397. The summed E-state index contributed by atoms with van der Waals surface area (Å²) in [7, 11) is 0. The fourth-order valence-electron chi connectivity index (χ4n) is 0.591. The van der Waals surface area contributed by atoms with Crippen LogP contribution in [0.3, 0.4) is 0 Å². The molecule has 0 aliphatic heterocycles. The zero-order valence-corrected chi connectivity index (χ0v) is 6.46. The maximum atomic E-state index is 10.6. The molecule has 0 bridgehead atoms. The monoisotopic (exact) mass is 171 g/mol. The second-order valence-corrected chi connectivity index (χ2v) is 2.30. The first-order chi connectivity index (χ1) is 5.43. The Labute approximate surface area is 68.4 Å². The highest BCUT2D eigenvalue weighted by Crippen LogP contribution is 1.92. The fraction of sp³-hybridized carbons (Fsp3) is 0.429. The van der Waals surface area contributed by atoms with Crippen LogP contribution in [0.5, 0.6) is 0 Å². The first-order valence-electron chi connectivity index (χ1n) is 3.18. The number of Topliss-reactive ketones (excluding diaryl/α,β-unsaturated/α-hetero) is 3. The Balaban J connectivity index is 3.94. The average molecular weight is 171 g/mol. The van der Waals surface area contributed by atoms with Gasteiger partial charge in [0.05, 0.1) is 12.8 Å². The zero-order valence-electron chi connectivity index (χ0n) is 6.46. The zero-order chi connectivity index (χ0) is 9.72. The van der Waals surface area contributed by atoms with E-state index in [1.54, 1.807) is 0 Å². The molecule has 0 saturated heterocycles. The molecule has 0 aliphatic rings. The van der Waals surface area contributed by atoms with Crippen molar-refractivity contribution < 1.29 is 24.3 Å². The molecule has 5 heteroatoms. The summed E-state index contributed by atoms with van der Waals surface area (Å²) in [6, 6.07) is 0. The minimum Gasteiger partial charge on any atom is -0.542 e. The molecular weight excluding hydrogens is 164 g/mol. The molecule has 0 aromatic carbocycles. The van der Waals surface area contributed by atoms with E-state index in [9.17, 15) is 24.3 Å². The van der Waals surface area contributed by atoms with Gasteiger partial charge < -0.3 is 9.90 Å². The van der Waals surface area contributed by atoms with Crippen molar-refractivity contribution in [3.8, 4) is 0 Å². The summed E-state index contributed by atoms with van der Waals surface area (Å²) < 4.78 is 0. The molecule has 0 aromatic rings. The van der Waals surface area contributed by atoms with Gasteiger partial charge >= 0.3 is 0 Å². The summed E-state index contributed by atoms with van der Waals surface area (Å²) in [5, 5.41) is 9.82. The normalized spacial score (nSPS) is 9.08. The lowest BCUT2D eigenvalue weighted by Gasteiger charge is -1.98. The number of hydrogen-bond acceptors (Lipinski definition) is 5. The summed E-state index contributed by atoms with van der Waals surface area (Å²) in [5.41, 5.74) is 0. The third-order valence-electron chi connectivity index (χ3n) is 1.03. The van der Waals surface area contributed by atoms with Gasteiger partial charge in [0.15, 0.2) is 5.78 Å². The SMILES string of the molecule is CC(=O)CC(=O)CC(=O)C(=O)[O-]. The Kier molecular flexibility index (Phi) is 3.82. The molecule has 5 nitrogen and oxygen atoms in total. The van der Waals surface area contributed by atoms with Crippen LogP contribution >= 0.6 is 0 Å². The van der Waals surface area contributed by atoms with Crippen LogP contribution in [-0.4, -0.2) is 23.3 Å². The van der Waals surface area contributed by atoms with Crippen LogP contribution in [-0.2, 0) is 19.2 Å². The fourth-order valence-corrected chi connectivity index (χ4v) is 0.591. The van der Waals surface area contributed by atoms with Gasteiger partial charge in [0, 0.05) is 0 Å². The summed E-state index contributed by atoms with van der Waals surface area (Å²) in [4.78, 5) is 41.1. The van der Waals surface area contributed by atoms with Gasteiger partial charge in [0.25, 0.3) is 0 Å². The van der Waals surface area contributed by atoms with Crippen molar-refractivity contribution in [1.29, 1.82) is 0 Å². The highest BCUT2D eigenvalue weighted by atomic mass is 16.4. The number of rotatable bonds is 5. The molecular formula is C7H7O5-. The van der Waals surface area contributed by atoms with E-state index in [0.717, 1.165) is 0 Å². The summed E-state index contributed by atoms with van der Waals surface area (Å²) in [6.07, 6.45) is -1.17. The van der Waals surface area contributed by atoms with E-state index >= 15 is 0 Å². The van der Waals surface area contributed by atoms with E-state index in [0.29, 0.717) is 0 Å². The smallest absolute Gasteiger partial charge is 0.185 e. The summed E-state index contributed by atoms with van der Waals surface area (Å²) >= 11 is 0. The van der Waals surface area contributed by atoms with Crippen molar-refractivity contribution in [3.63, 3.8) is 0 Å². The number of hydrogen-bond donors (Lipinski definition) is 0. The topological polar surface area (TPSA) is 91.3 Å². The van der Waals surface area contributed by atoms with Crippen LogP contribution in [0.25, 0.3) is 0 Å². The maximum Gasteiger partial charge on any atom is 0.185 e. The second kappa shape index (κ2) is 4.38. The van der Waals surface area contributed by atoms with Crippen LogP contribution < -0.4 is 5.11 Å². The van der Waals surface area contributed by atoms with E-state index in [4.69, 9.17) is 0 Å². The third kappa shape index (κ3) is 4.32. The second-order valence-electron chi connectivity index (χ2n) is 2.30. The standard InChI is InChI=1S/C7H8O5/c1-4(8)2-5(9)3-6(10)7(11)12/h2-3H2,1H3,(H,11,12)/p-1. The lowest BCUT2D eigenvalue weighted by molar-refractivity contribution is -0.300. The molecule has 12 heavy (non-hydrogen) atoms. The van der Waals surface area contributed by atoms with E-state index in [1.165, 1.54) is 6.92 Å². The molecule has 66 valence electrons. The highest BCUT2D eigenvalue weighted by molar-refractivity contribution is 6.35. The van der Waals surface area contributed by atoms with Crippen molar-refractivity contribution >= 4 is 23.3 Å². The molecule has 0 aromatic heterocycles. The molecule has 0 N–H and O–H groups in total. The molecule has 0 amide bonds. The number of carboxylic acids is 1. The van der Waals surface area contributed by atoms with Crippen molar-refractivity contribution in [3.05, 3.63) is 0 Å². The van der Waals surface area contributed by atoms with Crippen molar-refractivity contribution in [2.75, 3.05) is 0 Å². The number of aliphatic carboxylic acids is 1. The molecule has 0 radical (unpaired) electrons. The number of carbonyl (C=O) groups is 4. The quantitative estimate of drug-likeness (QED) is 0.361. The van der Waals surface area contributed by atoms with E-state index in [2.05, 4.69) is 0 Å². The molecule has 0 heterocycles. The van der Waals surface area contributed by atoms with Gasteiger partial charge in [-0.1, -0.05) is 0 Å². The Morgan fingerprint density at radius 3 is 1.92 bits per heavy atom. The summed E-state index contributed by atoms with van der Waals surface area (Å²) in [5.74, 6) is -4.28. The van der Waals surface area contributed by atoms with Crippen LogP contribution in [0, 0.1) is 0 Å². The van der Waals surface area contributed by atoms with Crippen LogP contribution in [0.15, 0.2) is 0 Å². The highest BCUT2D eigenvalue weighted by Gasteiger charge is 2.11. The van der Waals surface area contributed by atoms with Crippen molar-refractivity contribution in [1.82, 2.24) is 0 Å². The Hall–Kier alpha value is -1.52. The number of carboxylic acid groups (broad SMARTS) is 1. The predicted octanol–water partition coefficient (Wildman–Crippen LogP) is -1.76. The van der Waals surface area contributed by atoms with Gasteiger partial charge in [-0.05, 0) is 6.92 Å². The predicted molar refractivity (Wildman–Crippen MR) is 34.9 cm³/mol. The molecule has 0 spiro atoms. The minimum atomic E-state index is -1.90. The molecule has 0 saturated carbocycles.